The largest absolute Gasteiger partial charge is 0.393 e. The van der Waals surface area contributed by atoms with Crippen molar-refractivity contribution in [2.75, 3.05) is 32.7 Å². The van der Waals surface area contributed by atoms with Gasteiger partial charge in [0.1, 0.15) is 0 Å². The summed E-state index contributed by atoms with van der Waals surface area (Å²) in [6.45, 7) is 6.74. The van der Waals surface area contributed by atoms with E-state index >= 15 is 0 Å². The molecule has 0 spiro atoms. The Bertz CT molecular complexity index is 267. The Morgan fingerprint density at radius 1 is 1.35 bits per heavy atom. The van der Waals surface area contributed by atoms with Crippen LogP contribution >= 0.6 is 0 Å². The lowest BCUT2D eigenvalue weighted by Gasteiger charge is -2.39. The van der Waals surface area contributed by atoms with Crippen LogP contribution in [0.15, 0.2) is 0 Å². The lowest BCUT2D eigenvalue weighted by molar-refractivity contribution is 0.0582. The smallest absolute Gasteiger partial charge is 0.250 e. The van der Waals surface area contributed by atoms with Crippen molar-refractivity contribution in [3.63, 3.8) is 0 Å². The fourth-order valence-electron chi connectivity index (χ4n) is 2.86. The Balaban J connectivity index is 2.51. The number of nitrogens with two attached hydrogens (primary N) is 1. The number of likely N-dealkylation sites (tertiary alicyclic amines) is 1. The van der Waals surface area contributed by atoms with Gasteiger partial charge >= 0.3 is 0 Å². The molecule has 0 aromatic carbocycles. The minimum Gasteiger partial charge on any atom is -0.393 e. The lowest BCUT2D eigenvalue weighted by Crippen LogP contribution is -2.51. The van der Waals surface area contributed by atoms with Crippen LogP contribution in [0, 0.1) is 11.8 Å². The highest BCUT2D eigenvalue weighted by Gasteiger charge is 2.29. The van der Waals surface area contributed by atoms with Gasteiger partial charge in [0, 0.05) is 32.2 Å². The second-order valence-corrected chi connectivity index (χ2v) is 6.19. The summed E-state index contributed by atoms with van der Waals surface area (Å²) in [5.74, 6) is 0.565. The van der Waals surface area contributed by atoms with E-state index in [0.717, 1.165) is 32.5 Å². The number of piperidine rings is 1. The van der Waals surface area contributed by atoms with Crippen LogP contribution in [0.5, 0.6) is 0 Å². The topological polar surface area (TPSA) is 61.5 Å². The quantitative estimate of drug-likeness (QED) is 0.622. The van der Waals surface area contributed by atoms with E-state index in [9.17, 15) is 13.9 Å². The highest BCUT2D eigenvalue weighted by atomic mass is 19.3. The van der Waals surface area contributed by atoms with Crippen LogP contribution in [0.3, 0.4) is 0 Å². The first-order valence-electron chi connectivity index (χ1n) is 7.54. The van der Waals surface area contributed by atoms with Crippen molar-refractivity contribution in [2.24, 2.45) is 17.6 Å². The molecule has 0 aliphatic carbocycles. The summed E-state index contributed by atoms with van der Waals surface area (Å²) in [6, 6.07) is 0.0636. The lowest BCUT2D eigenvalue weighted by atomic mass is 9.86. The molecule has 0 saturated carbocycles. The van der Waals surface area contributed by atoms with Crippen LogP contribution in [0.1, 0.15) is 26.7 Å². The number of hydrogen-bond donors (Lipinski definition) is 3. The molecule has 0 aromatic heterocycles. The molecule has 1 heterocycles. The maximum Gasteiger partial charge on any atom is 0.250 e. The second-order valence-electron chi connectivity index (χ2n) is 6.19. The third-order valence-electron chi connectivity index (χ3n) is 3.96. The first-order chi connectivity index (χ1) is 9.42. The van der Waals surface area contributed by atoms with Crippen molar-refractivity contribution in [3.05, 3.63) is 0 Å². The van der Waals surface area contributed by atoms with E-state index < -0.39 is 6.43 Å². The maximum absolute atomic E-state index is 12.3. The number of rotatable bonds is 8. The molecule has 3 atom stereocenters. The van der Waals surface area contributed by atoms with Gasteiger partial charge < -0.3 is 21.1 Å². The van der Waals surface area contributed by atoms with Crippen LogP contribution in [0.4, 0.5) is 8.78 Å². The number of nitrogens with zero attached hydrogens (tertiary/aromatic N) is 1. The molecule has 0 amide bonds. The molecule has 0 aromatic rings. The average Bonchev–Trinajstić information content (AvgIpc) is 2.36. The van der Waals surface area contributed by atoms with E-state index in [1.807, 2.05) is 13.8 Å². The van der Waals surface area contributed by atoms with Crippen molar-refractivity contribution in [3.8, 4) is 0 Å². The fourth-order valence-corrected chi connectivity index (χ4v) is 2.86. The van der Waals surface area contributed by atoms with E-state index in [1.165, 1.54) is 0 Å². The van der Waals surface area contributed by atoms with Crippen LogP contribution in [-0.2, 0) is 0 Å². The minimum absolute atomic E-state index is 0.0636. The number of aliphatic hydroxyl groups excluding tert-OH is 1. The average molecular weight is 293 g/mol. The standard InChI is InChI=1S/C14H29F2N3O/c1-10(2)13(20)6-11-5-12(18-7-14(15)16)9-19(8-11)4-3-17/h10-14,18,20H,3-9,17H2,1-2H3. The molecule has 4 nitrogen and oxygen atoms in total. The Morgan fingerprint density at radius 3 is 2.60 bits per heavy atom. The van der Waals surface area contributed by atoms with Crippen LogP contribution in [0.2, 0.25) is 0 Å². The predicted molar refractivity (Wildman–Crippen MR) is 76.9 cm³/mol. The molecular formula is C14H29F2N3O. The zero-order chi connectivity index (χ0) is 15.1. The van der Waals surface area contributed by atoms with E-state index in [1.54, 1.807) is 0 Å². The fraction of sp³-hybridized carbons (Fsp3) is 1.00. The number of halogens is 2. The summed E-state index contributed by atoms with van der Waals surface area (Å²) in [5, 5.41) is 12.9. The van der Waals surface area contributed by atoms with Gasteiger partial charge in [0.05, 0.1) is 12.6 Å². The molecule has 3 unspecified atom stereocenters. The Labute approximate surface area is 120 Å². The van der Waals surface area contributed by atoms with Gasteiger partial charge in [0.15, 0.2) is 0 Å². The third-order valence-corrected chi connectivity index (χ3v) is 3.96. The van der Waals surface area contributed by atoms with Gasteiger partial charge in [-0.3, -0.25) is 0 Å². The monoisotopic (exact) mass is 293 g/mol. The summed E-state index contributed by atoms with van der Waals surface area (Å²) >= 11 is 0. The van der Waals surface area contributed by atoms with E-state index in [4.69, 9.17) is 5.73 Å². The minimum atomic E-state index is -2.32. The number of nitrogens with one attached hydrogen (secondary N) is 1. The maximum atomic E-state index is 12.3. The normalized spacial score (nSPS) is 26.4. The molecule has 1 aliphatic heterocycles. The van der Waals surface area contributed by atoms with Gasteiger partial charge in [-0.25, -0.2) is 8.78 Å². The summed E-state index contributed by atoms with van der Waals surface area (Å²) in [5.41, 5.74) is 5.59. The van der Waals surface area contributed by atoms with Gasteiger partial charge in [-0.2, -0.15) is 0 Å². The predicted octanol–water partition coefficient (Wildman–Crippen LogP) is 0.897. The number of hydrogen-bond acceptors (Lipinski definition) is 4. The van der Waals surface area contributed by atoms with E-state index in [2.05, 4.69) is 10.2 Å². The van der Waals surface area contributed by atoms with Gasteiger partial charge in [-0.05, 0) is 24.7 Å². The molecule has 4 N–H and O–H groups in total. The summed E-state index contributed by atoms with van der Waals surface area (Å²) in [7, 11) is 0. The van der Waals surface area contributed by atoms with Crippen LogP contribution < -0.4 is 11.1 Å². The first-order valence-corrected chi connectivity index (χ1v) is 7.54. The summed E-state index contributed by atoms with van der Waals surface area (Å²) in [6.07, 6.45) is -1.07. The number of alkyl halides is 2. The molecule has 1 fully saturated rings. The van der Waals surface area contributed by atoms with Crippen molar-refractivity contribution in [1.82, 2.24) is 10.2 Å². The van der Waals surface area contributed by atoms with Crippen molar-refractivity contribution in [2.45, 2.75) is 45.3 Å². The molecular weight excluding hydrogens is 264 g/mol. The zero-order valence-corrected chi connectivity index (χ0v) is 12.6. The Morgan fingerprint density at radius 2 is 2.05 bits per heavy atom. The molecule has 20 heavy (non-hydrogen) atoms. The molecule has 1 aliphatic rings. The first kappa shape index (κ1) is 17.8. The SMILES string of the molecule is CC(C)C(O)CC1CC(NCC(F)F)CN(CCN)C1. The molecule has 1 rings (SSSR count). The van der Waals surface area contributed by atoms with Crippen molar-refractivity contribution < 1.29 is 13.9 Å². The summed E-state index contributed by atoms with van der Waals surface area (Å²) in [4.78, 5) is 2.21. The second kappa shape index (κ2) is 8.87. The highest BCUT2D eigenvalue weighted by molar-refractivity contribution is 4.85. The Kier molecular flexibility index (Phi) is 7.87. The van der Waals surface area contributed by atoms with Gasteiger partial charge in [0.2, 0.25) is 0 Å². The van der Waals surface area contributed by atoms with Gasteiger partial charge in [-0.1, -0.05) is 13.8 Å². The van der Waals surface area contributed by atoms with Crippen molar-refractivity contribution in [1.29, 1.82) is 0 Å². The Hall–Kier alpha value is -0.300. The van der Waals surface area contributed by atoms with Crippen LogP contribution in [-0.4, -0.2) is 61.3 Å². The third kappa shape index (κ3) is 6.43. The molecule has 0 bridgehead atoms. The van der Waals surface area contributed by atoms with E-state index in [-0.39, 0.29) is 24.6 Å². The molecule has 0 radical (unpaired) electrons. The highest BCUT2D eigenvalue weighted by Crippen LogP contribution is 2.23. The van der Waals surface area contributed by atoms with Gasteiger partial charge in [0.25, 0.3) is 6.43 Å². The van der Waals surface area contributed by atoms with E-state index in [0.29, 0.717) is 12.5 Å². The number of aliphatic hydroxyl groups is 1. The van der Waals surface area contributed by atoms with Gasteiger partial charge in [-0.15, -0.1) is 0 Å². The molecule has 6 heteroatoms. The van der Waals surface area contributed by atoms with Crippen LogP contribution in [0.25, 0.3) is 0 Å². The van der Waals surface area contributed by atoms with Crippen molar-refractivity contribution >= 4 is 0 Å². The molecule has 120 valence electrons. The molecule has 1 saturated heterocycles. The zero-order valence-electron chi connectivity index (χ0n) is 12.6. The summed E-state index contributed by atoms with van der Waals surface area (Å²) < 4.78 is 24.6.